The molecule has 4 nitrogen and oxygen atoms in total. The van der Waals surface area contributed by atoms with Gasteiger partial charge in [0, 0.05) is 5.92 Å². The lowest BCUT2D eigenvalue weighted by molar-refractivity contribution is -0.202. The number of rotatable bonds is 1. The number of carbonyl (C=O) groups excluding carboxylic acids is 1. The van der Waals surface area contributed by atoms with E-state index in [9.17, 15) is 15.0 Å². The minimum Gasteiger partial charge on any atom is -0.469 e. The molecule has 2 saturated carbocycles. The van der Waals surface area contributed by atoms with Crippen molar-refractivity contribution in [2.24, 2.45) is 16.7 Å². The van der Waals surface area contributed by atoms with Crippen LogP contribution in [0.2, 0.25) is 0 Å². The van der Waals surface area contributed by atoms with Crippen LogP contribution in [0, 0.1) is 16.7 Å². The smallest absolute Gasteiger partial charge is 0.314 e. The number of aliphatic hydroxyl groups is 2. The van der Waals surface area contributed by atoms with Crippen molar-refractivity contribution in [3.05, 3.63) is 0 Å². The summed E-state index contributed by atoms with van der Waals surface area (Å²) < 4.78 is 4.86. The van der Waals surface area contributed by atoms with Gasteiger partial charge in [0.05, 0.1) is 24.7 Å². The molecular weight excluding hydrogens is 220 g/mol. The normalized spacial score (nSPS) is 44.2. The molecule has 98 valence electrons. The van der Waals surface area contributed by atoms with Crippen LogP contribution in [0.5, 0.6) is 0 Å². The third kappa shape index (κ3) is 1.69. The van der Waals surface area contributed by atoms with E-state index in [4.69, 9.17) is 4.74 Å². The van der Waals surface area contributed by atoms with Gasteiger partial charge in [-0.25, -0.2) is 0 Å². The van der Waals surface area contributed by atoms with Gasteiger partial charge in [-0.1, -0.05) is 13.8 Å². The second-order valence-electron chi connectivity index (χ2n) is 6.21. The van der Waals surface area contributed by atoms with Crippen LogP contribution in [0.1, 0.15) is 39.5 Å². The van der Waals surface area contributed by atoms with E-state index >= 15 is 0 Å². The van der Waals surface area contributed by atoms with Crippen LogP contribution >= 0.6 is 0 Å². The molecule has 17 heavy (non-hydrogen) atoms. The van der Waals surface area contributed by atoms with Crippen molar-refractivity contribution in [1.29, 1.82) is 0 Å². The summed E-state index contributed by atoms with van der Waals surface area (Å²) in [5.74, 6) is -0.554. The topological polar surface area (TPSA) is 66.8 Å². The van der Waals surface area contributed by atoms with Gasteiger partial charge in [-0.2, -0.15) is 0 Å². The second kappa shape index (κ2) is 3.95. The van der Waals surface area contributed by atoms with Crippen LogP contribution in [-0.4, -0.2) is 35.5 Å². The highest BCUT2D eigenvalue weighted by Gasteiger charge is 2.60. The van der Waals surface area contributed by atoms with Gasteiger partial charge in [0.15, 0.2) is 0 Å². The maximum atomic E-state index is 12.0. The Morgan fingerprint density at radius 2 is 1.88 bits per heavy atom. The first-order valence-electron chi connectivity index (χ1n) is 6.30. The molecule has 2 rings (SSSR count). The number of methoxy groups -OCH3 is 1. The molecule has 0 amide bonds. The van der Waals surface area contributed by atoms with E-state index in [0.29, 0.717) is 19.3 Å². The summed E-state index contributed by atoms with van der Waals surface area (Å²) in [6.07, 6.45) is 1.27. The highest BCUT2D eigenvalue weighted by Crippen LogP contribution is 2.56. The predicted octanol–water partition coefficient (Wildman–Crippen LogP) is 1.10. The molecule has 0 spiro atoms. The number of fused-ring (bicyclic) bond motifs is 2. The highest BCUT2D eigenvalue weighted by atomic mass is 16.5. The minimum absolute atomic E-state index is 0.128. The van der Waals surface area contributed by atoms with Crippen LogP contribution in [0.3, 0.4) is 0 Å². The SMILES string of the molecule is COC(=O)[C@@]12CC[C@@H](O)[C@@H]([C@H]1O)C(C)(C)CC2. The van der Waals surface area contributed by atoms with E-state index in [1.165, 1.54) is 7.11 Å². The maximum Gasteiger partial charge on any atom is 0.314 e. The number of esters is 1. The zero-order valence-corrected chi connectivity index (χ0v) is 10.8. The Balaban J connectivity index is 2.37. The lowest BCUT2D eigenvalue weighted by Crippen LogP contribution is -2.61. The summed E-state index contributed by atoms with van der Waals surface area (Å²) in [6.45, 7) is 4.10. The van der Waals surface area contributed by atoms with Crippen molar-refractivity contribution in [2.45, 2.75) is 51.7 Å². The predicted molar refractivity (Wildman–Crippen MR) is 62.2 cm³/mol. The molecule has 0 aromatic carbocycles. The van der Waals surface area contributed by atoms with Crippen LogP contribution < -0.4 is 0 Å². The molecule has 0 saturated heterocycles. The zero-order valence-electron chi connectivity index (χ0n) is 10.8. The van der Waals surface area contributed by atoms with Crippen LogP contribution in [0.15, 0.2) is 0 Å². The van der Waals surface area contributed by atoms with E-state index in [0.717, 1.165) is 6.42 Å². The van der Waals surface area contributed by atoms with Gasteiger partial charge in [-0.05, 0) is 31.1 Å². The van der Waals surface area contributed by atoms with Gasteiger partial charge in [-0.3, -0.25) is 4.79 Å². The largest absolute Gasteiger partial charge is 0.469 e. The van der Waals surface area contributed by atoms with Crippen molar-refractivity contribution in [3.8, 4) is 0 Å². The Morgan fingerprint density at radius 1 is 1.24 bits per heavy atom. The van der Waals surface area contributed by atoms with Crippen LogP contribution in [-0.2, 0) is 9.53 Å². The first kappa shape index (κ1) is 12.8. The average Bonchev–Trinajstić information content (AvgIpc) is 2.26. The van der Waals surface area contributed by atoms with Gasteiger partial charge in [-0.15, -0.1) is 0 Å². The van der Waals surface area contributed by atoms with Crippen molar-refractivity contribution < 1.29 is 19.7 Å². The molecule has 2 fully saturated rings. The number of carbonyl (C=O) groups is 1. The summed E-state index contributed by atoms with van der Waals surface area (Å²) in [4.78, 5) is 12.0. The van der Waals surface area contributed by atoms with Crippen LogP contribution in [0.25, 0.3) is 0 Å². The molecule has 0 heterocycles. The van der Waals surface area contributed by atoms with E-state index < -0.39 is 17.6 Å². The number of hydrogen-bond donors (Lipinski definition) is 2. The Kier molecular flexibility index (Phi) is 2.99. The summed E-state index contributed by atoms with van der Waals surface area (Å²) in [7, 11) is 1.36. The zero-order chi connectivity index (χ0) is 12.8. The van der Waals surface area contributed by atoms with E-state index in [-0.39, 0.29) is 17.3 Å². The summed E-state index contributed by atoms with van der Waals surface area (Å²) in [6, 6.07) is 0. The Hall–Kier alpha value is -0.610. The Labute approximate surface area is 102 Å². The fourth-order valence-corrected chi connectivity index (χ4v) is 3.75. The molecular formula is C13H22O4. The Morgan fingerprint density at radius 3 is 2.47 bits per heavy atom. The van der Waals surface area contributed by atoms with E-state index in [1.54, 1.807) is 0 Å². The van der Waals surface area contributed by atoms with Gasteiger partial charge in [0.25, 0.3) is 0 Å². The second-order valence-corrected chi connectivity index (χ2v) is 6.21. The molecule has 0 aromatic heterocycles. The highest BCUT2D eigenvalue weighted by molar-refractivity contribution is 5.78. The lowest BCUT2D eigenvalue weighted by Gasteiger charge is -2.55. The molecule has 4 heteroatoms. The molecule has 4 atom stereocenters. The summed E-state index contributed by atoms with van der Waals surface area (Å²) >= 11 is 0. The fraction of sp³-hybridized carbons (Fsp3) is 0.923. The summed E-state index contributed by atoms with van der Waals surface area (Å²) in [5.41, 5.74) is -0.912. The molecule has 0 aromatic rings. The molecule has 2 N–H and O–H groups in total. The molecule has 2 aliphatic carbocycles. The fourth-order valence-electron chi connectivity index (χ4n) is 3.75. The standard InChI is InChI=1S/C13H22O4/c1-12(2)6-7-13(11(16)17-3)5-4-8(14)9(12)10(13)15/h8-10,14-15H,4-7H2,1-3H3/t8-,9+,10-,13-/m1/s1. The van der Waals surface area contributed by atoms with Gasteiger partial charge < -0.3 is 14.9 Å². The summed E-state index contributed by atoms with van der Waals surface area (Å²) in [5, 5.41) is 20.6. The molecule has 2 aliphatic rings. The molecule has 0 unspecified atom stereocenters. The lowest BCUT2D eigenvalue weighted by atomic mass is 9.51. The maximum absolute atomic E-state index is 12.0. The van der Waals surface area contributed by atoms with Crippen LogP contribution in [0.4, 0.5) is 0 Å². The quantitative estimate of drug-likeness (QED) is 0.676. The van der Waals surface area contributed by atoms with E-state index in [2.05, 4.69) is 13.8 Å². The molecule has 0 aliphatic heterocycles. The number of ether oxygens (including phenoxy) is 1. The molecule has 2 bridgehead atoms. The third-order valence-corrected chi connectivity index (χ3v) is 4.92. The van der Waals surface area contributed by atoms with Gasteiger partial charge in [0.1, 0.15) is 0 Å². The average molecular weight is 242 g/mol. The van der Waals surface area contributed by atoms with Gasteiger partial charge in [0.2, 0.25) is 0 Å². The van der Waals surface area contributed by atoms with E-state index in [1.807, 2.05) is 0 Å². The van der Waals surface area contributed by atoms with Crippen molar-refractivity contribution in [1.82, 2.24) is 0 Å². The first-order valence-corrected chi connectivity index (χ1v) is 6.30. The number of hydrogen-bond acceptors (Lipinski definition) is 4. The first-order chi connectivity index (χ1) is 7.85. The number of aliphatic hydroxyl groups excluding tert-OH is 2. The van der Waals surface area contributed by atoms with Crippen molar-refractivity contribution in [2.75, 3.05) is 7.11 Å². The Bertz CT molecular complexity index is 325. The monoisotopic (exact) mass is 242 g/mol. The van der Waals surface area contributed by atoms with Crippen molar-refractivity contribution >= 4 is 5.97 Å². The third-order valence-electron chi connectivity index (χ3n) is 4.92. The van der Waals surface area contributed by atoms with Crippen molar-refractivity contribution in [3.63, 3.8) is 0 Å². The van der Waals surface area contributed by atoms with Gasteiger partial charge >= 0.3 is 5.97 Å². The molecule has 0 radical (unpaired) electrons. The minimum atomic E-state index is -0.789.